The van der Waals surface area contributed by atoms with Gasteiger partial charge in [-0.05, 0) is 43.2 Å². The third-order valence-corrected chi connectivity index (χ3v) is 7.44. The van der Waals surface area contributed by atoms with Crippen LogP contribution in [0.15, 0.2) is 24.3 Å². The smallest absolute Gasteiger partial charge is 0.236 e. The Hall–Kier alpha value is -1.44. The fraction of sp³-hybridized carbons (Fsp3) is 0.650. The zero-order valence-electron chi connectivity index (χ0n) is 16.0. The van der Waals surface area contributed by atoms with Crippen molar-refractivity contribution in [2.45, 2.75) is 44.2 Å². The van der Waals surface area contributed by atoms with Crippen LogP contribution in [0, 0.1) is 0 Å². The van der Waals surface area contributed by atoms with Gasteiger partial charge in [0.15, 0.2) is 0 Å². The molecule has 1 saturated heterocycles. The molecule has 1 aromatic carbocycles. The predicted molar refractivity (Wildman–Crippen MR) is 105 cm³/mol. The lowest BCUT2D eigenvalue weighted by Gasteiger charge is -2.38. The van der Waals surface area contributed by atoms with Gasteiger partial charge in [0.1, 0.15) is 0 Å². The minimum Gasteiger partial charge on any atom is -0.339 e. The molecule has 7 heteroatoms. The lowest BCUT2D eigenvalue weighted by Crippen LogP contribution is -2.52. The van der Waals surface area contributed by atoms with Crippen LogP contribution in [0.3, 0.4) is 0 Å². The molecular weight excluding hydrogens is 362 g/mol. The minimum atomic E-state index is -3.17. The summed E-state index contributed by atoms with van der Waals surface area (Å²) in [6.45, 7) is 2.24. The molecule has 148 valence electrons. The largest absolute Gasteiger partial charge is 0.339 e. The number of nitrogens with zero attached hydrogens (tertiary/aromatic N) is 3. The molecule has 27 heavy (non-hydrogen) atoms. The highest BCUT2D eigenvalue weighted by atomic mass is 32.2. The molecule has 6 nitrogen and oxygen atoms in total. The summed E-state index contributed by atoms with van der Waals surface area (Å²) in [7, 11) is -3.17. The van der Waals surface area contributed by atoms with Crippen molar-refractivity contribution >= 4 is 15.9 Å². The van der Waals surface area contributed by atoms with Crippen LogP contribution in [0.25, 0.3) is 0 Å². The van der Waals surface area contributed by atoms with Crippen molar-refractivity contribution in [3.05, 3.63) is 35.4 Å². The summed E-state index contributed by atoms with van der Waals surface area (Å²) in [5, 5.41) is 0. The van der Waals surface area contributed by atoms with E-state index in [0.29, 0.717) is 44.8 Å². The monoisotopic (exact) mass is 391 g/mol. The number of fused-ring (bicyclic) bond motifs is 1. The molecule has 0 bridgehead atoms. The molecule has 0 spiro atoms. The Bertz CT molecular complexity index is 798. The predicted octanol–water partition coefficient (Wildman–Crippen LogP) is 1.63. The first kappa shape index (κ1) is 18.9. The first-order valence-electron chi connectivity index (χ1n) is 10.00. The fourth-order valence-corrected chi connectivity index (χ4v) is 5.32. The molecule has 1 heterocycles. The molecule has 0 radical (unpaired) electrons. The van der Waals surface area contributed by atoms with Crippen LogP contribution in [0.2, 0.25) is 0 Å². The Labute approximate surface area is 162 Å². The fourth-order valence-electron chi connectivity index (χ4n) is 4.50. The Kier molecular flexibility index (Phi) is 5.27. The average Bonchev–Trinajstić information content (AvgIpc) is 3.50. The molecular formula is C20H29N3O3S. The van der Waals surface area contributed by atoms with Crippen LogP contribution in [0.1, 0.15) is 42.9 Å². The third kappa shape index (κ3) is 4.20. The van der Waals surface area contributed by atoms with E-state index in [0.717, 1.165) is 12.8 Å². The highest BCUT2D eigenvalue weighted by Gasteiger charge is 2.38. The van der Waals surface area contributed by atoms with Crippen molar-refractivity contribution in [3.8, 4) is 0 Å². The van der Waals surface area contributed by atoms with Gasteiger partial charge in [-0.2, -0.15) is 4.31 Å². The molecule has 4 rings (SSSR count). The Morgan fingerprint density at radius 2 is 1.81 bits per heavy atom. The highest BCUT2D eigenvalue weighted by molar-refractivity contribution is 7.88. The second-order valence-electron chi connectivity index (χ2n) is 8.05. The summed E-state index contributed by atoms with van der Waals surface area (Å²) in [5.41, 5.74) is 2.82. The molecule has 3 aliphatic rings. The molecule has 1 unspecified atom stereocenters. The van der Waals surface area contributed by atoms with Gasteiger partial charge in [0.2, 0.25) is 15.9 Å². The topological polar surface area (TPSA) is 60.9 Å². The van der Waals surface area contributed by atoms with E-state index in [-0.39, 0.29) is 5.91 Å². The molecule has 0 aromatic heterocycles. The summed E-state index contributed by atoms with van der Waals surface area (Å²) in [4.78, 5) is 17.2. The van der Waals surface area contributed by atoms with E-state index in [1.165, 1.54) is 41.0 Å². The number of amides is 1. The number of carbonyl (C=O) groups excluding carboxylic acids is 1. The van der Waals surface area contributed by atoms with Gasteiger partial charge >= 0.3 is 0 Å². The third-order valence-electron chi connectivity index (χ3n) is 6.13. The second kappa shape index (κ2) is 7.53. The average molecular weight is 392 g/mol. The number of benzene rings is 1. The molecule has 1 atom stereocenters. The van der Waals surface area contributed by atoms with E-state index in [4.69, 9.17) is 0 Å². The molecule has 1 aliphatic heterocycles. The molecule has 2 fully saturated rings. The number of hydrogen-bond acceptors (Lipinski definition) is 4. The van der Waals surface area contributed by atoms with E-state index in [1.807, 2.05) is 4.90 Å². The maximum Gasteiger partial charge on any atom is 0.236 e. The summed E-state index contributed by atoms with van der Waals surface area (Å²) < 4.78 is 24.8. The number of carbonyl (C=O) groups is 1. The van der Waals surface area contributed by atoms with Gasteiger partial charge in [0, 0.05) is 38.3 Å². The first-order valence-corrected chi connectivity index (χ1v) is 11.8. The van der Waals surface area contributed by atoms with E-state index in [2.05, 4.69) is 29.2 Å². The van der Waals surface area contributed by atoms with Gasteiger partial charge in [0.05, 0.1) is 12.8 Å². The van der Waals surface area contributed by atoms with Crippen molar-refractivity contribution in [2.24, 2.45) is 0 Å². The lowest BCUT2D eigenvalue weighted by atomic mass is 9.86. The van der Waals surface area contributed by atoms with Crippen molar-refractivity contribution in [3.63, 3.8) is 0 Å². The molecule has 2 aliphatic carbocycles. The van der Waals surface area contributed by atoms with Crippen LogP contribution < -0.4 is 0 Å². The van der Waals surface area contributed by atoms with Crippen LogP contribution in [0.5, 0.6) is 0 Å². The zero-order chi connectivity index (χ0) is 19.0. The highest BCUT2D eigenvalue weighted by Crippen LogP contribution is 2.40. The molecule has 1 amide bonds. The summed E-state index contributed by atoms with van der Waals surface area (Å²) >= 11 is 0. The number of hydrogen-bond donors (Lipinski definition) is 0. The van der Waals surface area contributed by atoms with Gasteiger partial charge < -0.3 is 4.90 Å². The van der Waals surface area contributed by atoms with Gasteiger partial charge in [-0.1, -0.05) is 24.3 Å². The number of aryl methyl sites for hydroxylation is 1. The molecule has 0 N–H and O–H groups in total. The van der Waals surface area contributed by atoms with Crippen LogP contribution in [-0.4, -0.2) is 73.5 Å². The summed E-state index contributed by atoms with van der Waals surface area (Å²) in [5.74, 6) is 0.137. The van der Waals surface area contributed by atoms with Crippen LogP contribution >= 0.6 is 0 Å². The van der Waals surface area contributed by atoms with Crippen LogP contribution in [0.4, 0.5) is 0 Å². The van der Waals surface area contributed by atoms with E-state index < -0.39 is 10.0 Å². The van der Waals surface area contributed by atoms with Crippen LogP contribution in [-0.2, 0) is 21.2 Å². The molecule has 1 aromatic rings. The Balaban J connectivity index is 1.44. The minimum absolute atomic E-state index is 0.137. The summed E-state index contributed by atoms with van der Waals surface area (Å²) in [6.07, 6.45) is 7.00. The maximum absolute atomic E-state index is 13.0. The van der Waals surface area contributed by atoms with Crippen molar-refractivity contribution in [2.75, 3.05) is 39.0 Å². The standard InChI is InChI=1S/C20H29N3O3S/c1-27(25,26)22-13-11-21(12-14-22)20(24)15-23(17-9-10-17)19-8-4-6-16-5-2-3-7-18(16)19/h2-3,5,7,17,19H,4,6,8-15H2,1H3. The van der Waals surface area contributed by atoms with Gasteiger partial charge in [-0.25, -0.2) is 8.42 Å². The number of piperazine rings is 1. The lowest BCUT2D eigenvalue weighted by molar-refractivity contribution is -0.134. The summed E-state index contributed by atoms with van der Waals surface area (Å²) in [6, 6.07) is 9.51. The van der Waals surface area contributed by atoms with Gasteiger partial charge in [0.25, 0.3) is 0 Å². The molecule has 1 saturated carbocycles. The van der Waals surface area contributed by atoms with E-state index >= 15 is 0 Å². The normalized spacial score (nSPS) is 24.1. The number of sulfonamides is 1. The van der Waals surface area contributed by atoms with Crippen molar-refractivity contribution < 1.29 is 13.2 Å². The van der Waals surface area contributed by atoms with Gasteiger partial charge in [-0.3, -0.25) is 9.69 Å². The second-order valence-corrected chi connectivity index (χ2v) is 10.0. The maximum atomic E-state index is 13.0. The zero-order valence-corrected chi connectivity index (χ0v) is 16.8. The van der Waals surface area contributed by atoms with E-state index in [9.17, 15) is 13.2 Å². The van der Waals surface area contributed by atoms with Gasteiger partial charge in [-0.15, -0.1) is 0 Å². The van der Waals surface area contributed by atoms with Crippen molar-refractivity contribution in [1.29, 1.82) is 0 Å². The van der Waals surface area contributed by atoms with Crippen molar-refractivity contribution in [1.82, 2.24) is 14.1 Å². The quantitative estimate of drug-likeness (QED) is 0.766. The van der Waals surface area contributed by atoms with E-state index in [1.54, 1.807) is 0 Å². The SMILES string of the molecule is CS(=O)(=O)N1CCN(C(=O)CN(C2CC2)C2CCCc3ccccc32)CC1. The first-order chi connectivity index (χ1) is 12.9. The number of rotatable bonds is 5. The Morgan fingerprint density at radius 3 is 2.48 bits per heavy atom. The Morgan fingerprint density at radius 1 is 1.11 bits per heavy atom.